The van der Waals surface area contributed by atoms with Crippen LogP contribution in [0.15, 0.2) is 46.9 Å². The van der Waals surface area contributed by atoms with Gasteiger partial charge in [-0.15, -0.1) is 0 Å². The van der Waals surface area contributed by atoms with Crippen LogP contribution < -0.4 is 10.5 Å². The van der Waals surface area contributed by atoms with Gasteiger partial charge in [-0.3, -0.25) is 0 Å². The third-order valence-electron chi connectivity index (χ3n) is 2.30. The maximum atomic E-state index is 5.99. The molecule has 2 N–H and O–H groups in total. The topological polar surface area (TPSA) is 35.2 Å². The molecule has 2 rings (SSSR count). The summed E-state index contributed by atoms with van der Waals surface area (Å²) >= 11 is 9.37. The minimum Gasteiger partial charge on any atom is -0.487 e. The quantitative estimate of drug-likeness (QED) is 0.859. The summed E-state index contributed by atoms with van der Waals surface area (Å²) in [6.45, 7) is 0.461. The zero-order chi connectivity index (χ0) is 12.3. The van der Waals surface area contributed by atoms with E-state index in [4.69, 9.17) is 22.1 Å². The lowest BCUT2D eigenvalue weighted by atomic mass is 10.2. The van der Waals surface area contributed by atoms with Crippen molar-refractivity contribution in [1.82, 2.24) is 0 Å². The van der Waals surface area contributed by atoms with Crippen LogP contribution in [0.4, 0.5) is 5.69 Å². The van der Waals surface area contributed by atoms with Crippen LogP contribution in [0.1, 0.15) is 5.56 Å². The van der Waals surface area contributed by atoms with E-state index in [-0.39, 0.29) is 0 Å². The average molecular weight is 313 g/mol. The Bertz CT molecular complexity index is 531. The first-order chi connectivity index (χ1) is 8.16. The van der Waals surface area contributed by atoms with Crippen molar-refractivity contribution in [2.24, 2.45) is 0 Å². The maximum absolute atomic E-state index is 5.99. The molecule has 4 heteroatoms. The van der Waals surface area contributed by atoms with Gasteiger partial charge in [0.2, 0.25) is 0 Å². The highest BCUT2D eigenvalue weighted by Crippen LogP contribution is 2.25. The molecule has 88 valence electrons. The van der Waals surface area contributed by atoms with Crippen molar-refractivity contribution in [3.8, 4) is 5.75 Å². The van der Waals surface area contributed by atoms with Gasteiger partial charge < -0.3 is 10.5 Å². The summed E-state index contributed by atoms with van der Waals surface area (Å²) in [4.78, 5) is 0. The molecular formula is C13H11BrClNO. The Hall–Kier alpha value is -1.19. The van der Waals surface area contributed by atoms with E-state index in [1.54, 1.807) is 6.07 Å². The Morgan fingerprint density at radius 1 is 1.18 bits per heavy atom. The van der Waals surface area contributed by atoms with Gasteiger partial charge in [-0.2, -0.15) is 0 Å². The Morgan fingerprint density at radius 3 is 2.65 bits per heavy atom. The highest BCUT2D eigenvalue weighted by molar-refractivity contribution is 9.10. The molecule has 0 saturated carbocycles. The van der Waals surface area contributed by atoms with Gasteiger partial charge in [-0.05, 0) is 45.8 Å². The second kappa shape index (κ2) is 5.43. The lowest BCUT2D eigenvalue weighted by molar-refractivity contribution is 0.306. The first kappa shape index (κ1) is 12.3. The summed E-state index contributed by atoms with van der Waals surface area (Å²) in [5.74, 6) is 0.683. The van der Waals surface area contributed by atoms with Gasteiger partial charge in [0.15, 0.2) is 0 Å². The van der Waals surface area contributed by atoms with Gasteiger partial charge in [-0.1, -0.05) is 29.8 Å². The first-order valence-corrected chi connectivity index (χ1v) is 6.25. The predicted molar refractivity (Wildman–Crippen MR) is 74.3 cm³/mol. The molecule has 0 aliphatic carbocycles. The molecule has 0 unspecified atom stereocenters. The highest BCUT2D eigenvalue weighted by Gasteiger charge is 2.02. The van der Waals surface area contributed by atoms with Crippen LogP contribution >= 0.6 is 27.5 Å². The fourth-order valence-corrected chi connectivity index (χ4v) is 2.00. The standard InChI is InChI=1S/C13H11BrClNO/c14-10-7-9(5-6-12(10)16)8-17-13-4-2-1-3-11(13)15/h1-7H,8,16H2. The number of nitrogen functional groups attached to an aromatic ring is 1. The Labute approximate surface area is 113 Å². The smallest absolute Gasteiger partial charge is 0.138 e. The van der Waals surface area contributed by atoms with Gasteiger partial charge in [-0.25, -0.2) is 0 Å². The normalized spacial score (nSPS) is 10.2. The van der Waals surface area contributed by atoms with Crippen LogP contribution in [0.25, 0.3) is 0 Å². The molecule has 0 aliphatic rings. The monoisotopic (exact) mass is 311 g/mol. The minimum atomic E-state index is 0.461. The number of anilines is 1. The molecular weight excluding hydrogens is 302 g/mol. The molecule has 0 atom stereocenters. The molecule has 0 bridgehead atoms. The molecule has 0 aliphatic heterocycles. The van der Waals surface area contributed by atoms with Crippen molar-refractivity contribution < 1.29 is 4.74 Å². The summed E-state index contributed by atoms with van der Waals surface area (Å²) in [7, 11) is 0. The molecule has 2 aromatic rings. The summed E-state index contributed by atoms with van der Waals surface area (Å²) < 4.78 is 6.50. The van der Waals surface area contributed by atoms with Crippen molar-refractivity contribution in [3.05, 3.63) is 57.5 Å². The molecule has 2 aromatic carbocycles. The molecule has 0 saturated heterocycles. The number of benzene rings is 2. The molecule has 0 radical (unpaired) electrons. The van der Waals surface area contributed by atoms with Gasteiger partial charge in [0.05, 0.1) is 5.02 Å². The predicted octanol–water partition coefficient (Wildman–Crippen LogP) is 4.26. The Morgan fingerprint density at radius 2 is 1.94 bits per heavy atom. The number of rotatable bonds is 3. The molecule has 17 heavy (non-hydrogen) atoms. The minimum absolute atomic E-state index is 0.461. The van der Waals surface area contributed by atoms with Crippen LogP contribution in [-0.2, 0) is 6.61 Å². The second-order valence-electron chi connectivity index (χ2n) is 3.57. The SMILES string of the molecule is Nc1ccc(COc2ccccc2Cl)cc1Br. The number of nitrogens with two attached hydrogens (primary N) is 1. The number of ether oxygens (including phenoxy) is 1. The van der Waals surface area contributed by atoms with Crippen LogP contribution in [-0.4, -0.2) is 0 Å². The van der Waals surface area contributed by atoms with E-state index in [0.29, 0.717) is 23.1 Å². The van der Waals surface area contributed by atoms with E-state index < -0.39 is 0 Å². The number of hydrogen-bond acceptors (Lipinski definition) is 2. The van der Waals surface area contributed by atoms with Crippen molar-refractivity contribution >= 4 is 33.2 Å². The highest BCUT2D eigenvalue weighted by atomic mass is 79.9. The summed E-state index contributed by atoms with van der Waals surface area (Å²) in [5.41, 5.74) is 7.46. The zero-order valence-electron chi connectivity index (χ0n) is 8.99. The van der Waals surface area contributed by atoms with Crippen LogP contribution in [0, 0.1) is 0 Å². The third kappa shape index (κ3) is 3.14. The van der Waals surface area contributed by atoms with Crippen molar-refractivity contribution in [2.45, 2.75) is 6.61 Å². The third-order valence-corrected chi connectivity index (χ3v) is 3.29. The van der Waals surface area contributed by atoms with E-state index >= 15 is 0 Å². The Balaban J connectivity index is 2.08. The van der Waals surface area contributed by atoms with Crippen LogP contribution in [0.2, 0.25) is 5.02 Å². The molecule has 0 aromatic heterocycles. The molecule has 0 amide bonds. The van der Waals surface area contributed by atoms with E-state index in [9.17, 15) is 0 Å². The number of para-hydroxylation sites is 1. The van der Waals surface area contributed by atoms with Crippen molar-refractivity contribution in [2.75, 3.05) is 5.73 Å². The molecule has 0 fully saturated rings. The second-order valence-corrected chi connectivity index (χ2v) is 4.84. The molecule has 2 nitrogen and oxygen atoms in total. The van der Waals surface area contributed by atoms with Gasteiger partial charge in [0.1, 0.15) is 12.4 Å². The van der Waals surface area contributed by atoms with E-state index in [1.165, 1.54) is 0 Å². The van der Waals surface area contributed by atoms with Crippen molar-refractivity contribution in [3.63, 3.8) is 0 Å². The summed E-state index contributed by atoms with van der Waals surface area (Å²) in [6.07, 6.45) is 0. The van der Waals surface area contributed by atoms with Crippen molar-refractivity contribution in [1.29, 1.82) is 0 Å². The molecule has 0 heterocycles. The zero-order valence-corrected chi connectivity index (χ0v) is 11.3. The van der Waals surface area contributed by atoms with E-state index in [2.05, 4.69) is 15.9 Å². The first-order valence-electron chi connectivity index (χ1n) is 5.08. The van der Waals surface area contributed by atoms with E-state index in [0.717, 1.165) is 10.0 Å². The molecule has 0 spiro atoms. The lowest BCUT2D eigenvalue weighted by Crippen LogP contribution is -1.97. The largest absolute Gasteiger partial charge is 0.487 e. The van der Waals surface area contributed by atoms with Crippen LogP contribution in [0.3, 0.4) is 0 Å². The van der Waals surface area contributed by atoms with Gasteiger partial charge in [0.25, 0.3) is 0 Å². The van der Waals surface area contributed by atoms with Crippen LogP contribution in [0.5, 0.6) is 5.75 Å². The average Bonchev–Trinajstić information content (AvgIpc) is 2.32. The lowest BCUT2D eigenvalue weighted by Gasteiger charge is -2.08. The summed E-state index contributed by atoms with van der Waals surface area (Å²) in [5, 5.41) is 0.613. The Kier molecular flexibility index (Phi) is 3.92. The maximum Gasteiger partial charge on any atom is 0.138 e. The van der Waals surface area contributed by atoms with E-state index in [1.807, 2.05) is 36.4 Å². The summed E-state index contributed by atoms with van der Waals surface area (Å²) in [6, 6.07) is 13.1. The number of hydrogen-bond donors (Lipinski definition) is 1. The number of halogens is 2. The van der Waals surface area contributed by atoms with Gasteiger partial charge in [0, 0.05) is 10.2 Å². The fourth-order valence-electron chi connectivity index (χ4n) is 1.38. The fraction of sp³-hybridized carbons (Fsp3) is 0.0769. The van der Waals surface area contributed by atoms with Gasteiger partial charge >= 0.3 is 0 Å².